The van der Waals surface area contributed by atoms with Gasteiger partial charge in [-0.3, -0.25) is 4.79 Å². The summed E-state index contributed by atoms with van der Waals surface area (Å²) < 4.78 is -1.38. The van der Waals surface area contributed by atoms with Crippen LogP contribution in [0.25, 0.3) is 0 Å². The van der Waals surface area contributed by atoms with Crippen LogP contribution < -0.4 is 0 Å². The lowest BCUT2D eigenvalue weighted by Crippen LogP contribution is -1.95. The Hall–Kier alpha value is 0.280. The molecule has 0 radical (unpaired) electrons. The Bertz CT molecular complexity index is 146. The van der Waals surface area contributed by atoms with E-state index in [4.69, 9.17) is 34.8 Å². The molecule has 0 saturated heterocycles. The average molecular weight is 201 g/mol. The largest absolute Gasteiger partial charge is 0.300 e. The summed E-state index contributed by atoms with van der Waals surface area (Å²) in [6.45, 7) is 1.47. The van der Waals surface area contributed by atoms with Crippen LogP contribution in [0.1, 0.15) is 13.3 Å². The lowest BCUT2D eigenvalue weighted by molar-refractivity contribution is -0.116. The number of hydrogen-bond acceptors (Lipinski definition) is 1. The van der Waals surface area contributed by atoms with E-state index in [0.717, 1.165) is 0 Å². The van der Waals surface area contributed by atoms with Crippen molar-refractivity contribution in [3.8, 4) is 0 Å². The van der Waals surface area contributed by atoms with E-state index in [0.29, 0.717) is 6.42 Å². The summed E-state index contributed by atoms with van der Waals surface area (Å²) >= 11 is 16.0. The smallest absolute Gasteiger partial charge is 0.209 e. The molecule has 10 heavy (non-hydrogen) atoms. The molecule has 0 unspecified atom stereocenters. The summed E-state index contributed by atoms with van der Waals surface area (Å²) in [4.78, 5) is 10.3. The van der Waals surface area contributed by atoms with Gasteiger partial charge in [-0.05, 0) is 13.0 Å². The number of rotatable bonds is 2. The Morgan fingerprint density at radius 2 is 2.00 bits per heavy atom. The van der Waals surface area contributed by atoms with Crippen LogP contribution in [0.15, 0.2) is 12.2 Å². The number of halogens is 3. The zero-order valence-electron chi connectivity index (χ0n) is 5.40. The summed E-state index contributed by atoms with van der Waals surface area (Å²) in [6, 6.07) is 0. The molecule has 4 heteroatoms. The van der Waals surface area contributed by atoms with Crippen LogP contribution in [0, 0.1) is 0 Å². The van der Waals surface area contributed by atoms with Gasteiger partial charge in [0, 0.05) is 6.42 Å². The molecule has 0 rings (SSSR count). The first-order chi connectivity index (χ1) is 4.42. The molecule has 0 aliphatic heterocycles. The number of ketones is 1. The van der Waals surface area contributed by atoms with E-state index < -0.39 is 3.79 Å². The van der Waals surface area contributed by atoms with Gasteiger partial charge in [0.1, 0.15) is 5.78 Å². The zero-order valence-corrected chi connectivity index (χ0v) is 7.67. The molecule has 0 aromatic rings. The first-order valence-electron chi connectivity index (χ1n) is 2.65. The highest BCUT2D eigenvalue weighted by atomic mass is 35.6. The molecule has 0 spiro atoms. The monoisotopic (exact) mass is 200 g/mol. The molecular weight excluding hydrogens is 194 g/mol. The van der Waals surface area contributed by atoms with E-state index in [1.54, 1.807) is 0 Å². The Morgan fingerprint density at radius 3 is 2.30 bits per heavy atom. The third-order valence-corrected chi connectivity index (χ3v) is 1.09. The fourth-order valence-corrected chi connectivity index (χ4v) is 0.626. The van der Waals surface area contributed by atoms with Gasteiger partial charge in [0.2, 0.25) is 3.79 Å². The number of Topliss-reactive ketones (excluding diaryl/α,β-unsaturated/α-hetero) is 1. The molecule has 0 heterocycles. The maximum Gasteiger partial charge on any atom is 0.209 e. The van der Waals surface area contributed by atoms with Crippen molar-refractivity contribution in [3.63, 3.8) is 0 Å². The van der Waals surface area contributed by atoms with Crippen molar-refractivity contribution in [2.75, 3.05) is 0 Å². The molecule has 1 nitrogen and oxygen atoms in total. The molecule has 58 valence electrons. The van der Waals surface area contributed by atoms with Crippen LogP contribution in [0.2, 0.25) is 0 Å². The number of hydrogen-bond donors (Lipinski definition) is 0. The van der Waals surface area contributed by atoms with Gasteiger partial charge in [-0.2, -0.15) is 0 Å². The second-order valence-corrected chi connectivity index (χ2v) is 4.22. The molecule has 0 aromatic carbocycles. The zero-order chi connectivity index (χ0) is 8.20. The number of allylic oxidation sites excluding steroid dienone is 2. The summed E-state index contributed by atoms with van der Waals surface area (Å²) in [6.07, 6.45) is 3.21. The van der Waals surface area contributed by atoms with Gasteiger partial charge in [-0.25, -0.2) is 0 Å². The van der Waals surface area contributed by atoms with Crippen LogP contribution >= 0.6 is 34.8 Å². The molecule has 0 amide bonds. The number of alkyl halides is 3. The van der Waals surface area contributed by atoms with E-state index in [2.05, 4.69) is 0 Å². The van der Waals surface area contributed by atoms with E-state index in [1.807, 2.05) is 0 Å². The molecule has 0 aromatic heterocycles. The summed E-state index contributed by atoms with van der Waals surface area (Å²) in [7, 11) is 0. The Kier molecular flexibility index (Phi) is 4.34. The second-order valence-electron chi connectivity index (χ2n) is 1.85. The average Bonchev–Trinajstić information content (AvgIpc) is 1.59. The van der Waals surface area contributed by atoms with Crippen molar-refractivity contribution >= 4 is 40.6 Å². The third kappa shape index (κ3) is 8.28. The Labute approximate surface area is 74.9 Å². The predicted molar refractivity (Wildman–Crippen MR) is 44.7 cm³/mol. The fraction of sp³-hybridized carbons (Fsp3) is 0.500. The van der Waals surface area contributed by atoms with Crippen LogP contribution in [-0.2, 0) is 4.79 Å². The molecule has 0 aliphatic rings. The SMILES string of the molecule is CC(=O)CC=CC(Cl)(Cl)Cl. The lowest BCUT2D eigenvalue weighted by Gasteiger charge is -2.00. The first-order valence-corrected chi connectivity index (χ1v) is 3.79. The minimum absolute atomic E-state index is 0.0468. The van der Waals surface area contributed by atoms with Crippen LogP contribution in [0.3, 0.4) is 0 Å². The minimum Gasteiger partial charge on any atom is -0.300 e. The van der Waals surface area contributed by atoms with Crippen LogP contribution in [-0.4, -0.2) is 9.58 Å². The van der Waals surface area contributed by atoms with E-state index in [9.17, 15) is 4.79 Å². The molecule has 0 aliphatic carbocycles. The highest BCUT2D eigenvalue weighted by Crippen LogP contribution is 2.27. The van der Waals surface area contributed by atoms with Gasteiger partial charge in [-0.1, -0.05) is 40.9 Å². The van der Waals surface area contributed by atoms with Crippen molar-refractivity contribution in [1.29, 1.82) is 0 Å². The maximum atomic E-state index is 10.3. The van der Waals surface area contributed by atoms with Gasteiger partial charge in [-0.15, -0.1) is 0 Å². The quantitative estimate of drug-likeness (QED) is 0.496. The Morgan fingerprint density at radius 1 is 1.50 bits per heavy atom. The summed E-state index contributed by atoms with van der Waals surface area (Å²) in [5.74, 6) is 0.0468. The number of carbonyl (C=O) groups is 1. The highest BCUT2D eigenvalue weighted by molar-refractivity contribution is 6.68. The summed E-state index contributed by atoms with van der Waals surface area (Å²) in [5, 5.41) is 0. The van der Waals surface area contributed by atoms with E-state index in [-0.39, 0.29) is 5.78 Å². The normalized spacial score (nSPS) is 12.4. The van der Waals surface area contributed by atoms with Crippen molar-refractivity contribution < 1.29 is 4.79 Å². The molecule has 0 fully saturated rings. The van der Waals surface area contributed by atoms with Gasteiger partial charge < -0.3 is 0 Å². The van der Waals surface area contributed by atoms with Gasteiger partial charge in [0.15, 0.2) is 0 Å². The highest BCUT2D eigenvalue weighted by Gasteiger charge is 2.13. The van der Waals surface area contributed by atoms with Crippen LogP contribution in [0.4, 0.5) is 0 Å². The van der Waals surface area contributed by atoms with Crippen LogP contribution in [0.5, 0.6) is 0 Å². The topological polar surface area (TPSA) is 17.1 Å². The predicted octanol–water partition coefficient (Wildman–Crippen LogP) is 2.89. The molecule has 0 N–H and O–H groups in total. The van der Waals surface area contributed by atoms with Crippen molar-refractivity contribution in [1.82, 2.24) is 0 Å². The fourth-order valence-electron chi connectivity index (χ4n) is 0.359. The molecule has 0 saturated carbocycles. The standard InChI is InChI=1S/C6H7Cl3O/c1-5(10)3-2-4-6(7,8)9/h2,4H,3H2,1H3. The van der Waals surface area contributed by atoms with Crippen molar-refractivity contribution in [3.05, 3.63) is 12.2 Å². The maximum absolute atomic E-state index is 10.3. The third-order valence-electron chi connectivity index (χ3n) is 0.712. The van der Waals surface area contributed by atoms with E-state index in [1.165, 1.54) is 19.1 Å². The van der Waals surface area contributed by atoms with Crippen molar-refractivity contribution in [2.24, 2.45) is 0 Å². The second kappa shape index (κ2) is 4.22. The molecule has 0 atom stereocenters. The van der Waals surface area contributed by atoms with Gasteiger partial charge in [0.25, 0.3) is 0 Å². The first kappa shape index (κ1) is 10.3. The lowest BCUT2D eigenvalue weighted by atomic mass is 10.3. The van der Waals surface area contributed by atoms with Crippen molar-refractivity contribution in [2.45, 2.75) is 17.1 Å². The minimum atomic E-state index is -1.38. The number of carbonyl (C=O) groups excluding carboxylic acids is 1. The molecule has 0 bridgehead atoms. The van der Waals surface area contributed by atoms with Gasteiger partial charge in [0.05, 0.1) is 0 Å². The van der Waals surface area contributed by atoms with E-state index >= 15 is 0 Å². The van der Waals surface area contributed by atoms with Gasteiger partial charge >= 0.3 is 0 Å². The Balaban J connectivity index is 3.67. The molecular formula is C6H7Cl3O. The summed E-state index contributed by atoms with van der Waals surface area (Å²) in [5.41, 5.74) is 0.